The third-order valence-electron chi connectivity index (χ3n) is 3.93. The van der Waals surface area contributed by atoms with E-state index in [2.05, 4.69) is 15.3 Å². The predicted molar refractivity (Wildman–Crippen MR) is 94.8 cm³/mol. The van der Waals surface area contributed by atoms with Crippen molar-refractivity contribution in [2.75, 3.05) is 0 Å². The highest BCUT2D eigenvalue weighted by atomic mass is 19.1. The lowest BCUT2D eigenvalue weighted by Gasteiger charge is -2.06. The van der Waals surface area contributed by atoms with Gasteiger partial charge in [-0.1, -0.05) is 18.2 Å². The van der Waals surface area contributed by atoms with E-state index in [9.17, 15) is 9.18 Å². The van der Waals surface area contributed by atoms with E-state index in [1.807, 2.05) is 24.3 Å². The molecule has 4 rings (SSSR count). The summed E-state index contributed by atoms with van der Waals surface area (Å²) in [6.07, 6.45) is 3.31. The maximum absolute atomic E-state index is 13.2. The number of hydrogen-bond acceptors (Lipinski definition) is 4. The number of benzene rings is 2. The van der Waals surface area contributed by atoms with Crippen molar-refractivity contribution in [2.45, 2.75) is 6.54 Å². The molecule has 128 valence electrons. The molecule has 0 saturated carbocycles. The molecule has 0 fully saturated rings. The van der Waals surface area contributed by atoms with Gasteiger partial charge in [-0.15, -0.1) is 0 Å². The van der Waals surface area contributed by atoms with Gasteiger partial charge in [-0.25, -0.2) is 9.37 Å². The first-order valence-corrected chi connectivity index (χ1v) is 8.03. The number of aromatic nitrogens is 2. The summed E-state index contributed by atoms with van der Waals surface area (Å²) in [4.78, 5) is 20.5. The standard InChI is InChI=1S/C20H14FN3O2/c21-16-3-1-2-15(10-16)19(25)23-11-13-4-6-14(7-5-13)20-24-17-12-22-9-8-18(17)26-20/h1-10,12H,11H2,(H,23,25). The number of carbonyl (C=O) groups is 1. The minimum absolute atomic E-state index is 0.293. The molecule has 1 N–H and O–H groups in total. The van der Waals surface area contributed by atoms with Crippen molar-refractivity contribution in [3.8, 4) is 11.5 Å². The minimum atomic E-state index is -0.435. The fourth-order valence-electron chi connectivity index (χ4n) is 2.58. The first-order valence-electron chi connectivity index (χ1n) is 8.03. The summed E-state index contributed by atoms with van der Waals surface area (Å²) in [5.41, 5.74) is 3.43. The second-order valence-electron chi connectivity index (χ2n) is 5.75. The van der Waals surface area contributed by atoms with Gasteiger partial charge in [0, 0.05) is 29.9 Å². The average Bonchev–Trinajstić information content (AvgIpc) is 3.11. The highest BCUT2D eigenvalue weighted by Crippen LogP contribution is 2.23. The van der Waals surface area contributed by atoms with Crippen LogP contribution in [0.3, 0.4) is 0 Å². The summed E-state index contributed by atoms with van der Waals surface area (Å²) in [7, 11) is 0. The van der Waals surface area contributed by atoms with Crippen molar-refractivity contribution in [1.82, 2.24) is 15.3 Å². The number of nitrogens with one attached hydrogen (secondary N) is 1. The normalized spacial score (nSPS) is 10.8. The Morgan fingerprint density at radius 1 is 1.12 bits per heavy atom. The maximum atomic E-state index is 13.2. The van der Waals surface area contributed by atoms with Crippen LogP contribution in [0.5, 0.6) is 0 Å². The van der Waals surface area contributed by atoms with Crippen molar-refractivity contribution < 1.29 is 13.6 Å². The van der Waals surface area contributed by atoms with Crippen molar-refractivity contribution >= 4 is 17.0 Å². The van der Waals surface area contributed by atoms with Crippen LogP contribution >= 0.6 is 0 Å². The summed E-state index contributed by atoms with van der Waals surface area (Å²) in [5, 5.41) is 2.77. The average molecular weight is 347 g/mol. The Bertz CT molecular complexity index is 1040. The summed E-state index contributed by atoms with van der Waals surface area (Å²) in [6.45, 7) is 0.340. The predicted octanol–water partition coefficient (Wildman–Crippen LogP) is 3.96. The number of oxazole rings is 1. The van der Waals surface area contributed by atoms with E-state index in [1.165, 1.54) is 18.2 Å². The molecule has 2 heterocycles. The van der Waals surface area contributed by atoms with Gasteiger partial charge in [0.2, 0.25) is 5.89 Å². The molecule has 26 heavy (non-hydrogen) atoms. The molecule has 0 aliphatic heterocycles. The fraction of sp³-hybridized carbons (Fsp3) is 0.0500. The molecule has 6 heteroatoms. The molecule has 2 aromatic heterocycles. The molecule has 4 aromatic rings. The monoisotopic (exact) mass is 347 g/mol. The van der Waals surface area contributed by atoms with E-state index in [1.54, 1.807) is 24.5 Å². The van der Waals surface area contributed by atoms with Crippen LogP contribution in [0.25, 0.3) is 22.6 Å². The van der Waals surface area contributed by atoms with Gasteiger partial charge in [0.05, 0.1) is 6.20 Å². The molecule has 0 saturated heterocycles. The van der Waals surface area contributed by atoms with Gasteiger partial charge in [0.25, 0.3) is 5.91 Å². The molecule has 0 atom stereocenters. The topological polar surface area (TPSA) is 68.0 Å². The Balaban J connectivity index is 1.45. The van der Waals surface area contributed by atoms with E-state index in [-0.39, 0.29) is 5.91 Å². The van der Waals surface area contributed by atoms with E-state index < -0.39 is 5.82 Å². The number of carbonyl (C=O) groups excluding carboxylic acids is 1. The molecule has 0 unspecified atom stereocenters. The largest absolute Gasteiger partial charge is 0.436 e. The smallest absolute Gasteiger partial charge is 0.251 e. The Morgan fingerprint density at radius 2 is 1.96 bits per heavy atom. The van der Waals surface area contributed by atoms with Gasteiger partial charge >= 0.3 is 0 Å². The summed E-state index contributed by atoms with van der Waals surface area (Å²) in [5.74, 6) is -0.237. The molecule has 0 aliphatic rings. The Hall–Kier alpha value is -3.54. The lowest BCUT2D eigenvalue weighted by Crippen LogP contribution is -2.22. The molecular weight excluding hydrogens is 333 g/mol. The van der Waals surface area contributed by atoms with Crippen molar-refractivity contribution in [2.24, 2.45) is 0 Å². The molecule has 5 nitrogen and oxygen atoms in total. The fourth-order valence-corrected chi connectivity index (χ4v) is 2.58. The van der Waals surface area contributed by atoms with E-state index in [4.69, 9.17) is 4.42 Å². The summed E-state index contributed by atoms with van der Waals surface area (Å²) in [6, 6.07) is 14.9. The minimum Gasteiger partial charge on any atom is -0.436 e. The van der Waals surface area contributed by atoms with E-state index in [0.717, 1.165) is 11.1 Å². The van der Waals surface area contributed by atoms with Crippen LogP contribution < -0.4 is 5.32 Å². The van der Waals surface area contributed by atoms with Gasteiger partial charge in [-0.2, -0.15) is 0 Å². The number of nitrogens with zero attached hydrogens (tertiary/aromatic N) is 2. The highest BCUT2D eigenvalue weighted by molar-refractivity contribution is 5.94. The van der Waals surface area contributed by atoms with Gasteiger partial charge in [-0.3, -0.25) is 9.78 Å². The lowest BCUT2D eigenvalue weighted by atomic mass is 10.1. The van der Waals surface area contributed by atoms with Crippen LogP contribution in [0, 0.1) is 5.82 Å². The molecule has 0 aliphatic carbocycles. The quantitative estimate of drug-likeness (QED) is 0.607. The molecule has 2 aromatic carbocycles. The Kier molecular flexibility index (Phi) is 4.15. The SMILES string of the molecule is O=C(NCc1ccc(-c2nc3cnccc3o2)cc1)c1cccc(F)c1. The van der Waals surface area contributed by atoms with Crippen LogP contribution in [0.4, 0.5) is 4.39 Å². The maximum Gasteiger partial charge on any atom is 0.251 e. The zero-order valence-corrected chi connectivity index (χ0v) is 13.6. The molecule has 0 spiro atoms. The van der Waals surface area contributed by atoms with Crippen LogP contribution in [0.1, 0.15) is 15.9 Å². The first kappa shape index (κ1) is 16.0. The second-order valence-corrected chi connectivity index (χ2v) is 5.75. The molecule has 0 bridgehead atoms. The third-order valence-corrected chi connectivity index (χ3v) is 3.93. The lowest BCUT2D eigenvalue weighted by molar-refractivity contribution is 0.0950. The summed E-state index contributed by atoms with van der Waals surface area (Å²) >= 11 is 0. The molecule has 1 amide bonds. The number of rotatable bonds is 4. The first-order chi connectivity index (χ1) is 12.7. The van der Waals surface area contributed by atoms with Crippen LogP contribution in [-0.2, 0) is 6.54 Å². The van der Waals surface area contributed by atoms with Crippen LogP contribution in [0.15, 0.2) is 71.4 Å². The number of amides is 1. The number of pyridine rings is 1. The van der Waals surface area contributed by atoms with Crippen LogP contribution in [0.2, 0.25) is 0 Å². The van der Waals surface area contributed by atoms with Gasteiger partial charge in [0.15, 0.2) is 5.58 Å². The van der Waals surface area contributed by atoms with Crippen LogP contribution in [-0.4, -0.2) is 15.9 Å². The van der Waals surface area contributed by atoms with E-state index in [0.29, 0.717) is 29.1 Å². The highest BCUT2D eigenvalue weighted by Gasteiger charge is 2.09. The van der Waals surface area contributed by atoms with Crippen molar-refractivity contribution in [3.63, 3.8) is 0 Å². The molecule has 0 radical (unpaired) electrons. The number of halogens is 1. The van der Waals surface area contributed by atoms with Gasteiger partial charge < -0.3 is 9.73 Å². The van der Waals surface area contributed by atoms with Gasteiger partial charge in [0.1, 0.15) is 11.3 Å². The number of fused-ring (bicyclic) bond motifs is 1. The zero-order chi connectivity index (χ0) is 17.9. The molecular formula is C20H14FN3O2. The zero-order valence-electron chi connectivity index (χ0n) is 13.6. The van der Waals surface area contributed by atoms with Crippen molar-refractivity contribution in [3.05, 3.63) is 83.9 Å². The second kappa shape index (κ2) is 6.76. The Morgan fingerprint density at radius 3 is 2.73 bits per heavy atom. The third kappa shape index (κ3) is 3.30. The van der Waals surface area contributed by atoms with Crippen molar-refractivity contribution in [1.29, 1.82) is 0 Å². The number of hydrogen-bond donors (Lipinski definition) is 1. The van der Waals surface area contributed by atoms with E-state index >= 15 is 0 Å². The summed E-state index contributed by atoms with van der Waals surface area (Å²) < 4.78 is 18.9. The van der Waals surface area contributed by atoms with Gasteiger partial charge in [-0.05, 0) is 35.9 Å². The Labute approximate surface area is 148 Å².